The Labute approximate surface area is 160 Å². The van der Waals surface area contributed by atoms with Crippen LogP contribution in [-0.2, 0) is 17.9 Å². The zero-order valence-electron chi connectivity index (χ0n) is 13.6. The van der Waals surface area contributed by atoms with Crippen LogP contribution in [0.25, 0.3) is 6.08 Å². The first-order valence-corrected chi connectivity index (χ1v) is 17.6. The van der Waals surface area contributed by atoms with E-state index in [2.05, 4.69) is 84.9 Å². The molecular formula is C22H18Cl2Zr. The molecule has 4 rings (SSSR count). The minimum absolute atomic E-state index is 0.0841. The molecule has 1 atom stereocenters. The van der Waals surface area contributed by atoms with Crippen molar-refractivity contribution in [2.45, 2.75) is 7.25 Å². The molecule has 1 aliphatic rings. The fourth-order valence-electron chi connectivity index (χ4n) is 3.69. The Hall–Kier alpha value is -1.14. The van der Waals surface area contributed by atoms with Gasteiger partial charge in [-0.25, -0.2) is 0 Å². The summed E-state index contributed by atoms with van der Waals surface area (Å²) in [6, 6.07) is 29.4. The summed E-state index contributed by atoms with van der Waals surface area (Å²) in [6.45, 7) is 0. The van der Waals surface area contributed by atoms with E-state index in [1.165, 1.54) is 22.3 Å². The van der Waals surface area contributed by atoms with Crippen LogP contribution >= 0.6 is 17.0 Å². The maximum atomic E-state index is 7.33. The van der Waals surface area contributed by atoms with Gasteiger partial charge in [-0.1, -0.05) is 0 Å². The number of rotatable bonds is 4. The normalized spacial score (nSPS) is 16.2. The van der Waals surface area contributed by atoms with Crippen molar-refractivity contribution in [1.82, 2.24) is 0 Å². The van der Waals surface area contributed by atoms with E-state index in [1.54, 1.807) is 0 Å². The fraction of sp³-hybridized carbons (Fsp3) is 0.0909. The van der Waals surface area contributed by atoms with Crippen molar-refractivity contribution in [1.29, 1.82) is 0 Å². The summed E-state index contributed by atoms with van der Waals surface area (Å²) in [5.41, 5.74) is 4.95. The number of halogens is 2. The van der Waals surface area contributed by atoms with E-state index < -0.39 is 17.9 Å². The molecule has 0 aliphatic heterocycles. The zero-order chi connectivity index (χ0) is 17.3. The van der Waals surface area contributed by atoms with E-state index in [-0.39, 0.29) is 7.25 Å². The van der Waals surface area contributed by atoms with E-state index >= 15 is 0 Å². The van der Waals surface area contributed by atoms with Crippen LogP contribution in [0.3, 0.4) is 0 Å². The Bertz CT molecular complexity index is 849. The van der Waals surface area contributed by atoms with Crippen molar-refractivity contribution in [3.63, 3.8) is 0 Å². The second-order valence-electron chi connectivity index (χ2n) is 6.39. The van der Waals surface area contributed by atoms with Gasteiger partial charge in [0.2, 0.25) is 0 Å². The second kappa shape index (κ2) is 7.24. The molecule has 0 radical (unpaired) electrons. The molecule has 0 saturated heterocycles. The minimum atomic E-state index is -3.69. The monoisotopic (exact) mass is 442 g/mol. The van der Waals surface area contributed by atoms with Crippen molar-refractivity contribution in [2.75, 3.05) is 0 Å². The van der Waals surface area contributed by atoms with Gasteiger partial charge in [0.25, 0.3) is 0 Å². The van der Waals surface area contributed by atoms with Gasteiger partial charge < -0.3 is 0 Å². The molecule has 3 heteroatoms. The van der Waals surface area contributed by atoms with Crippen molar-refractivity contribution < 1.29 is 17.9 Å². The third-order valence-electron chi connectivity index (χ3n) is 4.86. The Kier molecular flexibility index (Phi) is 5.00. The molecule has 0 N–H and O–H groups in total. The molecule has 0 aromatic heterocycles. The Morgan fingerprint density at radius 2 is 1.20 bits per heavy atom. The van der Waals surface area contributed by atoms with Crippen LogP contribution in [0.1, 0.15) is 29.5 Å². The predicted octanol–water partition coefficient (Wildman–Crippen LogP) is 7.01. The quantitative estimate of drug-likeness (QED) is 0.406. The Morgan fingerprint density at radius 3 is 1.80 bits per heavy atom. The first-order valence-electron chi connectivity index (χ1n) is 8.43. The average molecular weight is 445 g/mol. The van der Waals surface area contributed by atoms with Crippen molar-refractivity contribution in [3.05, 3.63) is 113 Å². The zero-order valence-corrected chi connectivity index (χ0v) is 17.6. The molecule has 3 aromatic rings. The van der Waals surface area contributed by atoms with Gasteiger partial charge in [-0.3, -0.25) is 0 Å². The number of allylic oxidation sites excluding steroid dienone is 1. The van der Waals surface area contributed by atoms with E-state index in [4.69, 9.17) is 17.0 Å². The van der Waals surface area contributed by atoms with E-state index in [0.717, 1.165) is 0 Å². The fourth-order valence-corrected chi connectivity index (χ4v) is 15.5. The number of fused-ring (bicyclic) bond motifs is 1. The molecule has 25 heavy (non-hydrogen) atoms. The number of hydrogen-bond acceptors (Lipinski definition) is 0. The first kappa shape index (κ1) is 17.3. The summed E-state index contributed by atoms with van der Waals surface area (Å²) in [5.74, 6) is 0. The summed E-state index contributed by atoms with van der Waals surface area (Å²) < 4.78 is 0.236. The predicted molar refractivity (Wildman–Crippen MR) is 105 cm³/mol. The van der Waals surface area contributed by atoms with Crippen LogP contribution in [0.4, 0.5) is 0 Å². The van der Waals surface area contributed by atoms with Gasteiger partial charge in [0, 0.05) is 0 Å². The summed E-state index contributed by atoms with van der Waals surface area (Å²) in [4.78, 5) is 0. The van der Waals surface area contributed by atoms with E-state index in [0.29, 0.717) is 0 Å². The van der Waals surface area contributed by atoms with Crippen molar-refractivity contribution in [2.24, 2.45) is 0 Å². The second-order valence-corrected chi connectivity index (χ2v) is 21.2. The van der Waals surface area contributed by atoms with Crippen molar-refractivity contribution in [3.8, 4) is 0 Å². The molecule has 0 nitrogen and oxygen atoms in total. The molecule has 0 heterocycles. The van der Waals surface area contributed by atoms with Gasteiger partial charge in [-0.2, -0.15) is 0 Å². The summed E-state index contributed by atoms with van der Waals surface area (Å²) in [6.07, 6.45) is 4.39. The molecule has 0 amide bonds. The Morgan fingerprint density at radius 1 is 0.680 bits per heavy atom. The van der Waals surface area contributed by atoms with Gasteiger partial charge in [0.15, 0.2) is 0 Å². The van der Waals surface area contributed by atoms with Crippen LogP contribution in [0.15, 0.2) is 91.0 Å². The summed E-state index contributed by atoms with van der Waals surface area (Å²) >= 11 is -3.69. The molecule has 0 fully saturated rings. The molecule has 1 aliphatic carbocycles. The van der Waals surface area contributed by atoms with Crippen LogP contribution in [0.2, 0.25) is 0 Å². The van der Waals surface area contributed by atoms with Gasteiger partial charge >= 0.3 is 161 Å². The molecule has 1 unspecified atom stereocenters. The van der Waals surface area contributed by atoms with Crippen LogP contribution in [0, 0.1) is 0 Å². The maximum absolute atomic E-state index is 7.33. The van der Waals surface area contributed by atoms with Crippen LogP contribution in [0.5, 0.6) is 0 Å². The SMILES string of the molecule is [Cl][Zr]([Cl])([CH]1C=Cc2ccccc21)[CH](c1ccccc1)c1ccccc1. The summed E-state index contributed by atoms with van der Waals surface area (Å²) in [7, 11) is 14.7. The van der Waals surface area contributed by atoms with E-state index in [1.807, 2.05) is 12.1 Å². The Balaban J connectivity index is 1.83. The van der Waals surface area contributed by atoms with E-state index in [9.17, 15) is 0 Å². The third-order valence-corrected chi connectivity index (χ3v) is 17.0. The van der Waals surface area contributed by atoms with Gasteiger partial charge in [-0.05, 0) is 0 Å². The number of hydrogen-bond donors (Lipinski definition) is 0. The van der Waals surface area contributed by atoms with Gasteiger partial charge in [-0.15, -0.1) is 0 Å². The third kappa shape index (κ3) is 3.31. The van der Waals surface area contributed by atoms with Gasteiger partial charge in [0.05, 0.1) is 0 Å². The molecular weight excluding hydrogens is 426 g/mol. The molecule has 0 bridgehead atoms. The number of benzene rings is 3. The first-order chi connectivity index (χ1) is 12.2. The average Bonchev–Trinajstić information content (AvgIpc) is 3.08. The molecule has 3 aromatic carbocycles. The topological polar surface area (TPSA) is 0 Å². The molecule has 0 spiro atoms. The molecule has 124 valence electrons. The standard InChI is InChI=1S/C13H11.C9H7.2ClH.Zr/c1-3-7-12(8-4-1)11-13-9-5-2-6-10-13;1-2-5-9-7-3-6-8(9)4-1;;;/h1-11H;1-7H;2*1H;/q;;;;+2/p-2. The van der Waals surface area contributed by atoms with Crippen LogP contribution in [-0.4, -0.2) is 0 Å². The van der Waals surface area contributed by atoms with Crippen molar-refractivity contribution >= 4 is 23.1 Å². The van der Waals surface area contributed by atoms with Gasteiger partial charge in [0.1, 0.15) is 0 Å². The summed E-state index contributed by atoms with van der Waals surface area (Å²) in [5, 5.41) is 0. The molecule has 0 saturated carbocycles. The van der Waals surface area contributed by atoms with Crippen LogP contribution < -0.4 is 0 Å².